The zero-order valence-corrected chi connectivity index (χ0v) is 12.6. The first-order valence-corrected chi connectivity index (χ1v) is 7.13. The number of benzene rings is 1. The molecule has 1 fully saturated rings. The largest absolute Gasteiger partial charge is 0.481 e. The van der Waals surface area contributed by atoms with Crippen molar-refractivity contribution in [2.45, 2.75) is 12.7 Å². The first kappa shape index (κ1) is 17.4. The number of rotatable bonds is 3. The number of urea groups is 1. The molecule has 1 saturated heterocycles. The molecule has 0 spiro atoms. The van der Waals surface area contributed by atoms with Gasteiger partial charge in [0.25, 0.3) is 0 Å². The van der Waals surface area contributed by atoms with Crippen LogP contribution in [0, 0.1) is 11.8 Å². The van der Waals surface area contributed by atoms with Crippen molar-refractivity contribution in [1.82, 2.24) is 10.2 Å². The SMILES string of the molecule is O=C(O)[C@@H]1CN(C(=O)NCc2ccc(Cl)cc2)C[C@H]1C(F)(F)F. The highest BCUT2D eigenvalue weighted by atomic mass is 35.5. The van der Waals surface area contributed by atoms with Gasteiger partial charge in [0.15, 0.2) is 0 Å². The number of halogens is 4. The van der Waals surface area contributed by atoms with Crippen molar-refractivity contribution >= 4 is 23.6 Å². The van der Waals surface area contributed by atoms with E-state index in [-0.39, 0.29) is 6.54 Å². The number of alkyl halides is 3. The van der Waals surface area contributed by atoms with E-state index in [2.05, 4.69) is 5.32 Å². The second kappa shape index (κ2) is 6.66. The molecule has 23 heavy (non-hydrogen) atoms. The molecule has 1 aliphatic rings. The average Bonchev–Trinajstić information content (AvgIpc) is 2.92. The predicted octanol–water partition coefficient (Wildman–Crippen LogP) is 2.74. The van der Waals surface area contributed by atoms with Crippen molar-refractivity contribution in [2.24, 2.45) is 11.8 Å². The number of amides is 2. The molecule has 126 valence electrons. The van der Waals surface area contributed by atoms with E-state index in [0.717, 1.165) is 10.5 Å². The van der Waals surface area contributed by atoms with Crippen LogP contribution >= 0.6 is 11.6 Å². The van der Waals surface area contributed by atoms with Crippen molar-refractivity contribution in [3.05, 3.63) is 34.9 Å². The first-order chi connectivity index (χ1) is 10.7. The van der Waals surface area contributed by atoms with E-state index in [0.29, 0.717) is 5.02 Å². The van der Waals surface area contributed by atoms with Gasteiger partial charge in [0.05, 0.1) is 11.8 Å². The van der Waals surface area contributed by atoms with Crippen molar-refractivity contribution in [3.63, 3.8) is 0 Å². The van der Waals surface area contributed by atoms with Gasteiger partial charge in [0.1, 0.15) is 0 Å². The number of hydrogen-bond acceptors (Lipinski definition) is 2. The molecule has 5 nitrogen and oxygen atoms in total. The van der Waals surface area contributed by atoms with E-state index >= 15 is 0 Å². The third kappa shape index (κ3) is 4.28. The van der Waals surface area contributed by atoms with Crippen LogP contribution in [0.5, 0.6) is 0 Å². The highest BCUT2D eigenvalue weighted by Crippen LogP contribution is 2.37. The van der Waals surface area contributed by atoms with E-state index in [9.17, 15) is 22.8 Å². The lowest BCUT2D eigenvalue weighted by Gasteiger charge is -2.18. The molecule has 2 rings (SSSR count). The van der Waals surface area contributed by atoms with E-state index in [4.69, 9.17) is 16.7 Å². The van der Waals surface area contributed by atoms with Gasteiger partial charge in [-0.25, -0.2) is 4.79 Å². The van der Waals surface area contributed by atoms with Crippen molar-refractivity contribution < 1.29 is 27.9 Å². The molecular formula is C14H14ClF3N2O3. The van der Waals surface area contributed by atoms with Crippen molar-refractivity contribution in [1.29, 1.82) is 0 Å². The standard InChI is InChI=1S/C14H14ClF3N2O3/c15-9-3-1-8(2-4-9)5-19-13(23)20-6-10(12(21)22)11(7-20)14(16,17)18/h1-4,10-11H,5-7H2,(H,19,23)(H,21,22)/t10-,11-/m1/s1. The van der Waals surface area contributed by atoms with Gasteiger partial charge in [-0.1, -0.05) is 23.7 Å². The normalized spacial score (nSPS) is 21.3. The Kier molecular flexibility index (Phi) is 5.03. The molecular weight excluding hydrogens is 337 g/mol. The Morgan fingerprint density at radius 2 is 1.87 bits per heavy atom. The summed E-state index contributed by atoms with van der Waals surface area (Å²) in [5.74, 6) is -5.25. The molecule has 2 atom stereocenters. The summed E-state index contributed by atoms with van der Waals surface area (Å²) in [6, 6.07) is 5.87. The zero-order chi connectivity index (χ0) is 17.2. The number of carboxylic acid groups (broad SMARTS) is 1. The number of carboxylic acids is 1. The molecule has 0 unspecified atom stereocenters. The summed E-state index contributed by atoms with van der Waals surface area (Å²) in [4.78, 5) is 23.8. The van der Waals surface area contributed by atoms with Gasteiger partial charge >= 0.3 is 18.2 Å². The van der Waals surface area contributed by atoms with E-state index in [1.54, 1.807) is 24.3 Å². The minimum absolute atomic E-state index is 0.112. The quantitative estimate of drug-likeness (QED) is 0.880. The Morgan fingerprint density at radius 1 is 1.26 bits per heavy atom. The number of nitrogens with zero attached hydrogens (tertiary/aromatic N) is 1. The second-order valence-corrected chi connectivity index (χ2v) is 5.72. The maximum Gasteiger partial charge on any atom is 0.394 e. The maximum absolute atomic E-state index is 12.9. The molecule has 0 bridgehead atoms. The Morgan fingerprint density at radius 3 is 2.35 bits per heavy atom. The minimum Gasteiger partial charge on any atom is -0.481 e. The number of carbonyl (C=O) groups is 2. The van der Waals surface area contributed by atoms with Crippen LogP contribution in [-0.2, 0) is 11.3 Å². The van der Waals surface area contributed by atoms with Crippen LogP contribution in [0.4, 0.5) is 18.0 Å². The summed E-state index contributed by atoms with van der Waals surface area (Å²) in [5, 5.41) is 11.9. The smallest absolute Gasteiger partial charge is 0.394 e. The van der Waals surface area contributed by atoms with Crippen LogP contribution in [0.2, 0.25) is 5.02 Å². The van der Waals surface area contributed by atoms with Gasteiger partial charge in [-0.3, -0.25) is 4.79 Å². The molecule has 1 aromatic carbocycles. The topological polar surface area (TPSA) is 69.6 Å². The molecule has 1 aliphatic heterocycles. The molecule has 0 saturated carbocycles. The molecule has 0 aromatic heterocycles. The summed E-state index contributed by atoms with van der Waals surface area (Å²) in [5.41, 5.74) is 0.726. The summed E-state index contributed by atoms with van der Waals surface area (Å²) >= 11 is 5.72. The van der Waals surface area contributed by atoms with E-state index in [1.165, 1.54) is 0 Å². The fourth-order valence-electron chi connectivity index (χ4n) is 2.44. The number of hydrogen-bond donors (Lipinski definition) is 2. The van der Waals surface area contributed by atoms with E-state index < -0.39 is 43.1 Å². The Bertz CT molecular complexity index is 592. The van der Waals surface area contributed by atoms with Gasteiger partial charge in [-0.2, -0.15) is 13.2 Å². The average molecular weight is 351 g/mol. The number of carbonyl (C=O) groups excluding carboxylic acids is 1. The van der Waals surface area contributed by atoms with Gasteiger partial charge in [0.2, 0.25) is 0 Å². The summed E-state index contributed by atoms with van der Waals surface area (Å²) in [7, 11) is 0. The number of likely N-dealkylation sites (tertiary alicyclic amines) is 1. The van der Waals surface area contributed by atoms with Gasteiger partial charge in [-0.05, 0) is 17.7 Å². The van der Waals surface area contributed by atoms with Crippen LogP contribution in [0.3, 0.4) is 0 Å². The lowest BCUT2D eigenvalue weighted by Crippen LogP contribution is -2.39. The van der Waals surface area contributed by atoms with Crippen LogP contribution in [0.25, 0.3) is 0 Å². The molecule has 9 heteroatoms. The van der Waals surface area contributed by atoms with Gasteiger partial charge < -0.3 is 15.3 Å². The van der Waals surface area contributed by atoms with Crippen LogP contribution in [-0.4, -0.2) is 41.3 Å². The second-order valence-electron chi connectivity index (χ2n) is 5.28. The maximum atomic E-state index is 12.9. The number of nitrogens with one attached hydrogen (secondary N) is 1. The van der Waals surface area contributed by atoms with Crippen LogP contribution in [0.15, 0.2) is 24.3 Å². The molecule has 0 aliphatic carbocycles. The summed E-state index contributed by atoms with van der Waals surface area (Å²) in [6.07, 6.45) is -4.66. The lowest BCUT2D eigenvalue weighted by atomic mass is 9.96. The minimum atomic E-state index is -4.66. The Labute approximate surface area is 135 Å². The van der Waals surface area contributed by atoms with Crippen molar-refractivity contribution in [3.8, 4) is 0 Å². The Balaban J connectivity index is 1.97. The fourth-order valence-corrected chi connectivity index (χ4v) is 2.57. The lowest BCUT2D eigenvalue weighted by molar-refractivity contribution is -0.187. The first-order valence-electron chi connectivity index (χ1n) is 6.75. The van der Waals surface area contributed by atoms with Gasteiger partial charge in [0, 0.05) is 24.7 Å². The summed E-state index contributed by atoms with van der Waals surface area (Å²) < 4.78 is 38.6. The van der Waals surface area contributed by atoms with Crippen LogP contribution in [0.1, 0.15) is 5.56 Å². The van der Waals surface area contributed by atoms with Gasteiger partial charge in [-0.15, -0.1) is 0 Å². The number of aliphatic carboxylic acids is 1. The summed E-state index contributed by atoms with van der Waals surface area (Å²) in [6.45, 7) is -1.01. The zero-order valence-electron chi connectivity index (χ0n) is 11.8. The third-order valence-electron chi connectivity index (χ3n) is 3.70. The monoisotopic (exact) mass is 350 g/mol. The highest BCUT2D eigenvalue weighted by Gasteiger charge is 2.53. The Hall–Kier alpha value is -1.96. The van der Waals surface area contributed by atoms with E-state index in [1.807, 2.05) is 0 Å². The molecule has 1 aromatic rings. The predicted molar refractivity (Wildman–Crippen MR) is 75.9 cm³/mol. The molecule has 2 amide bonds. The third-order valence-corrected chi connectivity index (χ3v) is 3.95. The van der Waals surface area contributed by atoms with Crippen LogP contribution < -0.4 is 5.32 Å². The molecule has 0 radical (unpaired) electrons. The molecule has 2 N–H and O–H groups in total. The highest BCUT2D eigenvalue weighted by molar-refractivity contribution is 6.30. The molecule has 1 heterocycles. The fraction of sp³-hybridized carbons (Fsp3) is 0.429. The van der Waals surface area contributed by atoms with Crippen molar-refractivity contribution in [2.75, 3.05) is 13.1 Å².